The van der Waals surface area contributed by atoms with Crippen LogP contribution in [0.3, 0.4) is 0 Å². The van der Waals surface area contributed by atoms with Crippen molar-refractivity contribution in [3.63, 3.8) is 0 Å². The van der Waals surface area contributed by atoms with Crippen molar-refractivity contribution in [3.8, 4) is 0 Å². The fourth-order valence-electron chi connectivity index (χ4n) is 1.94. The van der Waals surface area contributed by atoms with E-state index in [1.54, 1.807) is 17.4 Å². The fraction of sp³-hybridized carbons (Fsp3) is 0.286. The Bertz CT molecular complexity index is 545. The lowest BCUT2D eigenvalue weighted by Crippen LogP contribution is -2.17. The van der Waals surface area contributed by atoms with Crippen LogP contribution in [0.25, 0.3) is 0 Å². The number of hydrogen-bond acceptors (Lipinski definition) is 2. The van der Waals surface area contributed by atoms with Gasteiger partial charge in [-0.15, -0.1) is 11.3 Å². The summed E-state index contributed by atoms with van der Waals surface area (Å²) in [5, 5.41) is 3.19. The van der Waals surface area contributed by atoms with Crippen molar-refractivity contribution in [1.82, 2.24) is 5.32 Å². The van der Waals surface area contributed by atoms with Crippen molar-refractivity contribution in [1.29, 1.82) is 0 Å². The van der Waals surface area contributed by atoms with Gasteiger partial charge in [-0.25, -0.2) is 4.39 Å². The molecule has 0 aliphatic heterocycles. The molecule has 96 valence electrons. The van der Waals surface area contributed by atoms with Crippen molar-refractivity contribution in [3.05, 3.63) is 55.4 Å². The SMILES string of the molecule is CNC(c1cc(C)c(Br)s1)c1ccc(C)cc1F. The first-order valence-corrected chi connectivity index (χ1v) is 7.33. The Kier molecular flexibility index (Phi) is 4.20. The van der Waals surface area contributed by atoms with Crippen LogP contribution in [0.1, 0.15) is 27.6 Å². The summed E-state index contributed by atoms with van der Waals surface area (Å²) in [5.41, 5.74) is 2.81. The third kappa shape index (κ3) is 2.66. The lowest BCUT2D eigenvalue weighted by molar-refractivity contribution is 0.578. The zero-order chi connectivity index (χ0) is 13.3. The first-order chi connectivity index (χ1) is 8.52. The molecule has 0 saturated heterocycles. The smallest absolute Gasteiger partial charge is 0.128 e. The van der Waals surface area contributed by atoms with Gasteiger partial charge in [0, 0.05) is 10.4 Å². The number of nitrogens with one attached hydrogen (secondary N) is 1. The zero-order valence-corrected chi connectivity index (χ0v) is 13.0. The molecule has 1 aromatic carbocycles. The minimum Gasteiger partial charge on any atom is -0.309 e. The highest BCUT2D eigenvalue weighted by atomic mass is 79.9. The number of thiophene rings is 1. The van der Waals surface area contributed by atoms with E-state index in [0.29, 0.717) is 5.56 Å². The Balaban J connectivity index is 2.45. The summed E-state index contributed by atoms with van der Waals surface area (Å²) in [6.07, 6.45) is 0. The molecule has 0 saturated carbocycles. The Labute approximate surface area is 119 Å². The van der Waals surface area contributed by atoms with Gasteiger partial charge in [0.1, 0.15) is 5.82 Å². The summed E-state index contributed by atoms with van der Waals surface area (Å²) >= 11 is 5.16. The number of halogens is 2. The normalized spacial score (nSPS) is 12.7. The van der Waals surface area contributed by atoms with Gasteiger partial charge >= 0.3 is 0 Å². The molecule has 0 bridgehead atoms. The highest BCUT2D eigenvalue weighted by molar-refractivity contribution is 9.11. The molecule has 0 radical (unpaired) electrons. The molecule has 0 aliphatic carbocycles. The first-order valence-electron chi connectivity index (χ1n) is 5.72. The molecule has 0 fully saturated rings. The van der Waals surface area contributed by atoms with Crippen molar-refractivity contribution < 1.29 is 4.39 Å². The van der Waals surface area contributed by atoms with E-state index in [0.717, 1.165) is 14.2 Å². The molecular weight excluding hydrogens is 313 g/mol. The number of rotatable bonds is 3. The van der Waals surface area contributed by atoms with Gasteiger partial charge in [0.25, 0.3) is 0 Å². The molecule has 1 unspecified atom stereocenters. The van der Waals surface area contributed by atoms with Gasteiger partial charge in [-0.05, 0) is 60.1 Å². The third-order valence-corrected chi connectivity index (χ3v) is 5.12. The molecule has 0 aliphatic rings. The highest BCUT2D eigenvalue weighted by Gasteiger charge is 2.18. The maximum atomic E-state index is 14.0. The van der Waals surface area contributed by atoms with Gasteiger partial charge in [0.05, 0.1) is 9.83 Å². The summed E-state index contributed by atoms with van der Waals surface area (Å²) in [5.74, 6) is -0.156. The third-order valence-electron chi connectivity index (χ3n) is 2.92. The number of benzene rings is 1. The maximum absolute atomic E-state index is 14.0. The van der Waals surface area contributed by atoms with Crippen LogP contribution in [0.15, 0.2) is 28.1 Å². The minimum atomic E-state index is -0.156. The van der Waals surface area contributed by atoms with Crippen LogP contribution in [0.5, 0.6) is 0 Å². The Morgan fingerprint density at radius 1 is 1.28 bits per heavy atom. The molecule has 0 spiro atoms. The molecular formula is C14H15BrFNS. The van der Waals surface area contributed by atoms with Gasteiger partial charge in [-0.3, -0.25) is 0 Å². The second kappa shape index (κ2) is 5.51. The molecule has 4 heteroatoms. The van der Waals surface area contributed by atoms with Gasteiger partial charge in [-0.1, -0.05) is 12.1 Å². The zero-order valence-electron chi connectivity index (χ0n) is 10.6. The minimum absolute atomic E-state index is 0.0967. The molecule has 1 heterocycles. The predicted molar refractivity (Wildman–Crippen MR) is 78.8 cm³/mol. The lowest BCUT2D eigenvalue weighted by atomic mass is 10.0. The van der Waals surface area contributed by atoms with Crippen LogP contribution in [-0.2, 0) is 0 Å². The first kappa shape index (κ1) is 13.7. The van der Waals surface area contributed by atoms with E-state index in [1.165, 1.54) is 5.56 Å². The molecule has 1 atom stereocenters. The molecule has 1 N–H and O–H groups in total. The van der Waals surface area contributed by atoms with Crippen molar-refractivity contribution in [2.75, 3.05) is 7.05 Å². The quantitative estimate of drug-likeness (QED) is 0.870. The molecule has 1 nitrogen and oxygen atoms in total. The summed E-state index contributed by atoms with van der Waals surface area (Å²) in [6, 6.07) is 7.37. The second-order valence-corrected chi connectivity index (χ2v) is 6.75. The van der Waals surface area contributed by atoms with Crippen LogP contribution >= 0.6 is 27.3 Å². The Morgan fingerprint density at radius 3 is 2.50 bits per heavy atom. The Hall–Kier alpha value is -0.710. The monoisotopic (exact) mass is 327 g/mol. The Morgan fingerprint density at radius 2 is 2.00 bits per heavy atom. The fourth-order valence-corrected chi connectivity index (χ4v) is 3.64. The maximum Gasteiger partial charge on any atom is 0.128 e. The van der Waals surface area contributed by atoms with E-state index in [-0.39, 0.29) is 11.9 Å². The predicted octanol–water partition coefficient (Wildman–Crippen LogP) is 4.58. The largest absolute Gasteiger partial charge is 0.309 e. The van der Waals surface area contributed by atoms with Gasteiger partial charge in [-0.2, -0.15) is 0 Å². The van der Waals surface area contributed by atoms with E-state index in [1.807, 2.05) is 33.0 Å². The highest BCUT2D eigenvalue weighted by Crippen LogP contribution is 2.35. The van der Waals surface area contributed by atoms with Crippen molar-refractivity contribution >= 4 is 27.3 Å². The van der Waals surface area contributed by atoms with E-state index < -0.39 is 0 Å². The standard InChI is InChI=1S/C14H15BrFNS/c1-8-4-5-10(11(16)6-8)13(17-3)12-7-9(2)14(15)18-12/h4-7,13,17H,1-3H3. The van der Waals surface area contributed by atoms with Gasteiger partial charge in [0.2, 0.25) is 0 Å². The van der Waals surface area contributed by atoms with E-state index in [9.17, 15) is 4.39 Å². The summed E-state index contributed by atoms with van der Waals surface area (Å²) < 4.78 is 15.1. The van der Waals surface area contributed by atoms with Crippen LogP contribution in [0.2, 0.25) is 0 Å². The summed E-state index contributed by atoms with van der Waals surface area (Å²) in [7, 11) is 1.85. The van der Waals surface area contributed by atoms with Gasteiger partial charge in [0.15, 0.2) is 0 Å². The van der Waals surface area contributed by atoms with E-state index in [4.69, 9.17) is 0 Å². The molecule has 2 rings (SSSR count). The molecule has 1 aromatic heterocycles. The van der Waals surface area contributed by atoms with Gasteiger partial charge < -0.3 is 5.32 Å². The molecule has 18 heavy (non-hydrogen) atoms. The summed E-state index contributed by atoms with van der Waals surface area (Å²) in [6.45, 7) is 3.94. The van der Waals surface area contributed by atoms with Crippen molar-refractivity contribution in [2.24, 2.45) is 0 Å². The van der Waals surface area contributed by atoms with Crippen LogP contribution < -0.4 is 5.32 Å². The summed E-state index contributed by atoms with van der Waals surface area (Å²) in [4.78, 5) is 1.12. The average molecular weight is 328 g/mol. The lowest BCUT2D eigenvalue weighted by Gasteiger charge is -2.16. The molecule has 0 amide bonds. The van der Waals surface area contributed by atoms with E-state index in [2.05, 4.69) is 27.3 Å². The van der Waals surface area contributed by atoms with E-state index >= 15 is 0 Å². The van der Waals surface area contributed by atoms with Crippen LogP contribution in [0.4, 0.5) is 4.39 Å². The van der Waals surface area contributed by atoms with Crippen molar-refractivity contribution in [2.45, 2.75) is 19.9 Å². The topological polar surface area (TPSA) is 12.0 Å². The number of hydrogen-bond donors (Lipinski definition) is 1. The average Bonchev–Trinajstić information content (AvgIpc) is 2.63. The molecule has 2 aromatic rings. The van der Waals surface area contributed by atoms with Crippen LogP contribution in [-0.4, -0.2) is 7.05 Å². The van der Waals surface area contributed by atoms with Crippen LogP contribution in [0, 0.1) is 19.7 Å². The second-order valence-electron chi connectivity index (χ2n) is 4.35. The number of aryl methyl sites for hydroxylation is 2.